The number of hydrogen-bond acceptors (Lipinski definition) is 3. The summed E-state index contributed by atoms with van der Waals surface area (Å²) in [5.41, 5.74) is 1.10. The molecule has 3 rings (SSSR count). The molecule has 4 nitrogen and oxygen atoms in total. The quantitative estimate of drug-likeness (QED) is 0.884. The maximum absolute atomic E-state index is 13.2. The van der Waals surface area contributed by atoms with Gasteiger partial charge in [0.15, 0.2) is 0 Å². The van der Waals surface area contributed by atoms with Gasteiger partial charge in [0.2, 0.25) is 5.82 Å². The fourth-order valence-corrected chi connectivity index (χ4v) is 2.22. The van der Waals surface area contributed by atoms with Gasteiger partial charge >= 0.3 is 5.97 Å². The topological polar surface area (TPSA) is 63.1 Å². The highest BCUT2D eigenvalue weighted by Crippen LogP contribution is 2.38. The summed E-state index contributed by atoms with van der Waals surface area (Å²) in [6.45, 7) is 0. The number of halogens is 1. The normalized spacial score (nSPS) is 15.6. The summed E-state index contributed by atoms with van der Waals surface area (Å²) in [4.78, 5) is 19.0. The predicted octanol–water partition coefficient (Wildman–Crippen LogP) is 2.73. The summed E-state index contributed by atoms with van der Waals surface area (Å²) in [5, 5.41) is 9.75. The number of carboxylic acids is 1. The number of benzene rings is 1. The van der Waals surface area contributed by atoms with E-state index in [-0.39, 0.29) is 11.7 Å². The van der Waals surface area contributed by atoms with Crippen molar-refractivity contribution in [1.82, 2.24) is 9.97 Å². The maximum Gasteiger partial charge on any atom is 0.373 e. The molecular weight excluding hydrogens is 235 g/mol. The van der Waals surface area contributed by atoms with Gasteiger partial charge in [-0.1, -0.05) is 6.42 Å². The molecule has 1 heterocycles. The zero-order chi connectivity index (χ0) is 12.7. The van der Waals surface area contributed by atoms with Gasteiger partial charge in [-0.25, -0.2) is 19.2 Å². The van der Waals surface area contributed by atoms with Gasteiger partial charge in [0, 0.05) is 17.4 Å². The zero-order valence-corrected chi connectivity index (χ0v) is 9.56. The molecule has 1 fully saturated rings. The van der Waals surface area contributed by atoms with Crippen molar-refractivity contribution in [3.63, 3.8) is 0 Å². The van der Waals surface area contributed by atoms with Crippen LogP contribution >= 0.6 is 0 Å². The zero-order valence-electron chi connectivity index (χ0n) is 9.56. The number of rotatable bonds is 2. The van der Waals surface area contributed by atoms with Crippen molar-refractivity contribution in [2.75, 3.05) is 0 Å². The van der Waals surface area contributed by atoms with Crippen LogP contribution in [-0.4, -0.2) is 21.0 Å². The third-order valence-corrected chi connectivity index (χ3v) is 3.37. The van der Waals surface area contributed by atoms with Gasteiger partial charge in [-0.3, -0.25) is 0 Å². The number of carbonyl (C=O) groups is 1. The van der Waals surface area contributed by atoms with E-state index >= 15 is 0 Å². The second kappa shape index (κ2) is 4.01. The van der Waals surface area contributed by atoms with E-state index in [1.165, 1.54) is 12.1 Å². The number of aromatic carboxylic acids is 1. The summed E-state index contributed by atoms with van der Waals surface area (Å²) in [6, 6.07) is 4.24. The lowest BCUT2D eigenvalue weighted by Crippen LogP contribution is -2.15. The molecule has 0 saturated heterocycles. The van der Waals surface area contributed by atoms with Gasteiger partial charge in [-0.2, -0.15) is 0 Å². The third kappa shape index (κ3) is 1.72. The highest BCUT2D eigenvalue weighted by molar-refractivity contribution is 5.88. The summed E-state index contributed by atoms with van der Waals surface area (Å²) in [5.74, 6) is -1.58. The molecular formula is C13H11FN2O2. The summed E-state index contributed by atoms with van der Waals surface area (Å²) < 4.78 is 13.2. The minimum absolute atomic E-state index is 0.255. The second-order valence-corrected chi connectivity index (χ2v) is 4.53. The number of hydrogen-bond donors (Lipinski definition) is 1. The Hall–Kier alpha value is -2.04. The van der Waals surface area contributed by atoms with Crippen molar-refractivity contribution in [1.29, 1.82) is 0 Å². The molecule has 2 aromatic rings. The Balaban J connectivity index is 2.26. The molecule has 18 heavy (non-hydrogen) atoms. The van der Waals surface area contributed by atoms with Crippen molar-refractivity contribution in [3.05, 3.63) is 35.5 Å². The lowest BCUT2D eigenvalue weighted by Gasteiger charge is -2.25. The first-order valence-corrected chi connectivity index (χ1v) is 5.85. The molecule has 92 valence electrons. The van der Waals surface area contributed by atoms with Crippen LogP contribution in [0.2, 0.25) is 0 Å². The number of fused-ring (bicyclic) bond motifs is 1. The van der Waals surface area contributed by atoms with Crippen molar-refractivity contribution in [3.8, 4) is 0 Å². The van der Waals surface area contributed by atoms with Crippen LogP contribution in [0.25, 0.3) is 10.9 Å². The monoisotopic (exact) mass is 246 g/mol. The molecule has 0 radical (unpaired) electrons. The first-order valence-electron chi connectivity index (χ1n) is 5.85. The molecule has 0 spiro atoms. The van der Waals surface area contributed by atoms with Crippen LogP contribution in [0.3, 0.4) is 0 Å². The van der Waals surface area contributed by atoms with Crippen molar-refractivity contribution in [2.24, 2.45) is 0 Å². The highest BCUT2D eigenvalue weighted by Gasteiger charge is 2.25. The Bertz CT molecular complexity index is 638. The minimum atomic E-state index is -1.18. The Labute approximate surface area is 102 Å². The number of nitrogens with zero attached hydrogens (tertiary/aromatic N) is 2. The van der Waals surface area contributed by atoms with Crippen LogP contribution in [0.5, 0.6) is 0 Å². The highest BCUT2D eigenvalue weighted by atomic mass is 19.1. The number of carboxylic acid groups (broad SMARTS) is 1. The third-order valence-electron chi connectivity index (χ3n) is 3.37. The van der Waals surface area contributed by atoms with Crippen LogP contribution in [0, 0.1) is 5.82 Å². The lowest BCUT2D eigenvalue weighted by molar-refractivity contribution is 0.0683. The van der Waals surface area contributed by atoms with E-state index in [9.17, 15) is 9.18 Å². The van der Waals surface area contributed by atoms with E-state index in [0.29, 0.717) is 5.52 Å². The van der Waals surface area contributed by atoms with Crippen molar-refractivity contribution < 1.29 is 14.3 Å². The molecule has 1 aromatic heterocycles. The van der Waals surface area contributed by atoms with E-state index in [1.807, 2.05) is 0 Å². The first kappa shape index (κ1) is 11.1. The van der Waals surface area contributed by atoms with E-state index in [2.05, 4.69) is 9.97 Å². The van der Waals surface area contributed by atoms with Crippen molar-refractivity contribution >= 4 is 16.9 Å². The first-order chi connectivity index (χ1) is 8.65. The molecule has 0 aliphatic heterocycles. The summed E-state index contributed by atoms with van der Waals surface area (Å²) in [6.07, 6.45) is 3.13. The van der Waals surface area contributed by atoms with Crippen LogP contribution in [0.1, 0.15) is 41.5 Å². The summed E-state index contributed by atoms with van der Waals surface area (Å²) >= 11 is 0. The lowest BCUT2D eigenvalue weighted by atomic mass is 9.81. The molecule has 1 aromatic carbocycles. The minimum Gasteiger partial charge on any atom is -0.475 e. The Kier molecular flexibility index (Phi) is 2.47. The van der Waals surface area contributed by atoms with Crippen LogP contribution < -0.4 is 0 Å². The van der Waals surface area contributed by atoms with Gasteiger partial charge in [-0.05, 0) is 25.0 Å². The molecule has 1 saturated carbocycles. The molecule has 1 aliphatic rings. The largest absolute Gasteiger partial charge is 0.475 e. The van der Waals surface area contributed by atoms with Crippen LogP contribution in [0.15, 0.2) is 18.2 Å². The fraction of sp³-hybridized carbons (Fsp3) is 0.308. The number of aromatic nitrogens is 2. The van der Waals surface area contributed by atoms with Gasteiger partial charge in [0.25, 0.3) is 0 Å². The van der Waals surface area contributed by atoms with E-state index in [1.54, 1.807) is 6.07 Å². The molecule has 1 aliphatic carbocycles. The Morgan fingerprint density at radius 2 is 2.11 bits per heavy atom. The molecule has 0 atom stereocenters. The fourth-order valence-electron chi connectivity index (χ4n) is 2.22. The molecule has 5 heteroatoms. The van der Waals surface area contributed by atoms with E-state index in [4.69, 9.17) is 5.11 Å². The van der Waals surface area contributed by atoms with Crippen molar-refractivity contribution in [2.45, 2.75) is 25.2 Å². The second-order valence-electron chi connectivity index (χ2n) is 4.53. The van der Waals surface area contributed by atoms with E-state index in [0.717, 1.165) is 30.3 Å². The average Bonchev–Trinajstić information content (AvgIpc) is 2.25. The Morgan fingerprint density at radius 1 is 1.33 bits per heavy atom. The van der Waals surface area contributed by atoms with Gasteiger partial charge in [0.05, 0.1) is 11.2 Å². The van der Waals surface area contributed by atoms with Crippen LogP contribution in [-0.2, 0) is 0 Å². The molecule has 0 bridgehead atoms. The van der Waals surface area contributed by atoms with Gasteiger partial charge in [0.1, 0.15) is 5.82 Å². The van der Waals surface area contributed by atoms with Gasteiger partial charge < -0.3 is 5.11 Å². The molecule has 0 unspecified atom stereocenters. The standard InChI is InChI=1S/C13H11FN2O2/c14-8-4-5-9-10(6-8)15-12(13(17)18)16-11(9)7-2-1-3-7/h4-7H,1-3H2,(H,17,18). The van der Waals surface area contributed by atoms with Crippen LogP contribution in [0.4, 0.5) is 4.39 Å². The van der Waals surface area contributed by atoms with Gasteiger partial charge in [-0.15, -0.1) is 0 Å². The maximum atomic E-state index is 13.2. The van der Waals surface area contributed by atoms with E-state index < -0.39 is 11.8 Å². The smallest absolute Gasteiger partial charge is 0.373 e. The average molecular weight is 246 g/mol. The SMILES string of the molecule is O=C(O)c1nc(C2CCC2)c2ccc(F)cc2n1. The Morgan fingerprint density at radius 3 is 2.72 bits per heavy atom. The molecule has 0 amide bonds. The molecule has 1 N–H and O–H groups in total. The summed E-state index contributed by atoms with van der Waals surface area (Å²) in [7, 11) is 0. The predicted molar refractivity (Wildman–Crippen MR) is 63.0 cm³/mol.